The monoisotopic (exact) mass is 712 g/mol. The van der Waals surface area contributed by atoms with Crippen LogP contribution in [0.25, 0.3) is 11.1 Å². The first kappa shape index (κ1) is 28.7. The van der Waals surface area contributed by atoms with E-state index in [1.807, 2.05) is 11.6 Å². The first-order valence-corrected chi connectivity index (χ1v) is 11.6. The molecule has 2 aromatic carbocycles. The van der Waals surface area contributed by atoms with Gasteiger partial charge in [0.1, 0.15) is 0 Å². The minimum absolute atomic E-state index is 0. The maximum absolute atomic E-state index is 4.95. The predicted octanol–water partition coefficient (Wildman–Crippen LogP) is 5.70. The molecule has 3 aromatic rings. The van der Waals surface area contributed by atoms with E-state index in [1.54, 1.807) is 11.3 Å². The molecule has 0 N–H and O–H groups in total. The van der Waals surface area contributed by atoms with E-state index in [1.165, 1.54) is 27.9 Å². The van der Waals surface area contributed by atoms with Gasteiger partial charge in [-0.3, -0.25) is 0 Å². The Balaban J connectivity index is 0.00000128. The fourth-order valence-corrected chi connectivity index (χ4v) is 5.44. The van der Waals surface area contributed by atoms with Gasteiger partial charge in [0.2, 0.25) is 11.2 Å². The third-order valence-corrected chi connectivity index (χ3v) is 6.51. The van der Waals surface area contributed by atoms with Crippen LogP contribution in [0.3, 0.4) is 0 Å². The summed E-state index contributed by atoms with van der Waals surface area (Å²) in [5.41, 5.74) is 11.1. The normalized spacial score (nSPS) is 15.6. The van der Waals surface area contributed by atoms with Crippen molar-refractivity contribution in [1.82, 2.24) is 9.56 Å². The SMILES string of the molecule is CC(C)(C)Cc1cc2c(cc1CC(C)(C)C)[N+]1=c3scnc3=NC1c1[c-]cccc1-2.[CH3-].[Ir].[Y]. The van der Waals surface area contributed by atoms with Crippen LogP contribution in [0.2, 0.25) is 0 Å². The summed E-state index contributed by atoms with van der Waals surface area (Å²) in [5, 5.41) is 0. The molecule has 2 aliphatic heterocycles. The van der Waals surface area contributed by atoms with Gasteiger partial charge in [0.05, 0.1) is 5.51 Å². The van der Waals surface area contributed by atoms with E-state index in [2.05, 4.69) is 81.4 Å². The number of hydrogen-bond donors (Lipinski definition) is 0. The summed E-state index contributed by atoms with van der Waals surface area (Å²) in [5.74, 6) is 0. The molecule has 0 saturated carbocycles. The van der Waals surface area contributed by atoms with Crippen LogP contribution < -0.4 is 14.7 Å². The molecular formula is C27H32IrN3SY-. The van der Waals surface area contributed by atoms with Crippen LogP contribution in [0.1, 0.15) is 64.4 Å². The molecule has 174 valence electrons. The van der Waals surface area contributed by atoms with E-state index in [0.29, 0.717) is 0 Å². The van der Waals surface area contributed by atoms with Crippen molar-refractivity contribution < 1.29 is 52.8 Å². The number of benzene rings is 2. The number of aromatic nitrogens is 1. The smallest absolute Gasteiger partial charge is 0.310 e. The topological polar surface area (TPSA) is 28.3 Å². The molecule has 3 nitrogen and oxygen atoms in total. The van der Waals surface area contributed by atoms with E-state index < -0.39 is 0 Å². The van der Waals surface area contributed by atoms with Crippen molar-refractivity contribution in [1.29, 1.82) is 0 Å². The summed E-state index contributed by atoms with van der Waals surface area (Å²) in [6.07, 6.45) is 2.07. The summed E-state index contributed by atoms with van der Waals surface area (Å²) in [6.45, 7) is 14.0. The third-order valence-electron chi connectivity index (χ3n) is 5.69. The van der Waals surface area contributed by atoms with Crippen LogP contribution >= 0.6 is 11.3 Å². The van der Waals surface area contributed by atoms with Crippen LogP contribution in [0.5, 0.6) is 0 Å². The maximum atomic E-state index is 4.95. The molecular weight excluding hydrogens is 680 g/mol. The standard InChI is InChI=1S/C26H29N3S.CH3.Ir.Y/c1-25(2,3)13-16-11-20-18-9-7-8-10-19(18)23-28-22-24(30-15-27-22)29(23)21(20)12-17(16)14-26(4,5)6;;;/h7-9,11-12,15,23H,13-14H2,1-6H3;1H3;;/q;-1;;. The Morgan fingerprint density at radius 3 is 2.27 bits per heavy atom. The van der Waals surface area contributed by atoms with E-state index in [-0.39, 0.29) is 77.2 Å². The molecule has 33 heavy (non-hydrogen) atoms. The van der Waals surface area contributed by atoms with Gasteiger partial charge in [-0.25, -0.2) is 4.98 Å². The Labute approximate surface area is 241 Å². The van der Waals surface area contributed by atoms with E-state index in [0.717, 1.165) is 28.6 Å². The van der Waals surface area contributed by atoms with Gasteiger partial charge in [-0.1, -0.05) is 64.5 Å². The molecule has 2 aliphatic rings. The summed E-state index contributed by atoms with van der Waals surface area (Å²) < 4.78 is 3.53. The molecule has 5 rings (SSSR count). The molecule has 0 saturated heterocycles. The summed E-state index contributed by atoms with van der Waals surface area (Å²) >= 11 is 1.68. The van der Waals surface area contributed by atoms with Crippen molar-refractivity contribution in [3.8, 4) is 11.1 Å². The van der Waals surface area contributed by atoms with Crippen LogP contribution in [-0.2, 0) is 65.7 Å². The van der Waals surface area contributed by atoms with Crippen molar-refractivity contribution >= 4 is 17.0 Å². The molecule has 0 amide bonds. The van der Waals surface area contributed by atoms with Gasteiger partial charge in [0, 0.05) is 58.9 Å². The number of fused-ring (bicyclic) bond motifs is 7. The van der Waals surface area contributed by atoms with Gasteiger partial charge in [0.25, 0.3) is 6.17 Å². The molecule has 1 unspecified atom stereocenters. The Bertz CT molecular complexity index is 1280. The summed E-state index contributed by atoms with van der Waals surface area (Å²) in [7, 11) is 0. The molecule has 0 bridgehead atoms. The third kappa shape index (κ3) is 5.49. The average molecular weight is 712 g/mol. The fraction of sp³-hybridized carbons (Fsp3) is 0.407. The number of thiazole rings is 1. The molecule has 0 fully saturated rings. The molecule has 1 aromatic heterocycles. The molecule has 2 radical (unpaired) electrons. The number of nitrogens with zero attached hydrogens (tertiary/aromatic N) is 3. The quantitative estimate of drug-likeness (QED) is 0.248. The van der Waals surface area contributed by atoms with Crippen molar-refractivity contribution in [3.63, 3.8) is 0 Å². The second-order valence-electron chi connectivity index (χ2n) is 11.0. The second kappa shape index (κ2) is 10.2. The zero-order valence-corrected chi connectivity index (χ0v) is 26.7. The van der Waals surface area contributed by atoms with E-state index in [4.69, 9.17) is 4.99 Å². The first-order chi connectivity index (χ1) is 14.1. The molecule has 1 atom stereocenters. The molecule has 0 aliphatic carbocycles. The summed E-state index contributed by atoms with van der Waals surface area (Å²) in [4.78, 5) is 9.46. The second-order valence-corrected chi connectivity index (χ2v) is 11.8. The first-order valence-electron chi connectivity index (χ1n) is 10.7. The Morgan fingerprint density at radius 1 is 1.00 bits per heavy atom. The number of hydrogen-bond acceptors (Lipinski definition) is 3. The Morgan fingerprint density at radius 2 is 1.64 bits per heavy atom. The van der Waals surface area contributed by atoms with Gasteiger partial charge in [0.15, 0.2) is 0 Å². The van der Waals surface area contributed by atoms with Crippen molar-refractivity contribution in [2.24, 2.45) is 15.8 Å². The minimum atomic E-state index is -0.0559. The van der Waals surface area contributed by atoms with Gasteiger partial charge in [-0.05, 0) is 40.4 Å². The predicted molar refractivity (Wildman–Crippen MR) is 130 cm³/mol. The van der Waals surface area contributed by atoms with Gasteiger partial charge >= 0.3 is 4.67 Å². The Kier molecular flexibility index (Phi) is 8.85. The van der Waals surface area contributed by atoms with Gasteiger partial charge in [-0.2, -0.15) is 33.8 Å². The van der Waals surface area contributed by atoms with Crippen molar-refractivity contribution in [2.45, 2.75) is 60.5 Å². The maximum Gasteiger partial charge on any atom is 0.310 e. The van der Waals surface area contributed by atoms with E-state index >= 15 is 0 Å². The van der Waals surface area contributed by atoms with Gasteiger partial charge in [-0.15, -0.1) is 5.56 Å². The fourth-order valence-electron chi connectivity index (χ4n) is 4.67. The minimum Gasteiger partial charge on any atom is -0.358 e. The van der Waals surface area contributed by atoms with Crippen LogP contribution in [0, 0.1) is 24.3 Å². The van der Waals surface area contributed by atoms with Gasteiger partial charge < -0.3 is 7.43 Å². The zero-order chi connectivity index (χ0) is 21.3. The average Bonchev–Trinajstić information content (AvgIpc) is 3.21. The molecule has 6 heteroatoms. The van der Waals surface area contributed by atoms with Crippen LogP contribution in [0.4, 0.5) is 5.69 Å². The summed E-state index contributed by atoms with van der Waals surface area (Å²) in [6, 6.07) is 14.7. The van der Waals surface area contributed by atoms with Crippen molar-refractivity contribution in [2.75, 3.05) is 0 Å². The van der Waals surface area contributed by atoms with Crippen LogP contribution in [0.15, 0.2) is 40.8 Å². The molecule has 0 spiro atoms. The van der Waals surface area contributed by atoms with Crippen LogP contribution in [-0.4, -0.2) is 4.98 Å². The number of rotatable bonds is 2. The molecule has 3 heterocycles. The van der Waals surface area contributed by atoms with E-state index in [9.17, 15) is 0 Å². The largest absolute Gasteiger partial charge is 0.358 e. The Hall–Kier alpha value is -0.577. The van der Waals surface area contributed by atoms with Crippen molar-refractivity contribution in [3.05, 3.63) is 76.2 Å². The zero-order valence-electron chi connectivity index (χ0n) is 20.6.